The highest BCUT2D eigenvalue weighted by atomic mass is 35.5. The Balaban J connectivity index is 2.33. The smallest absolute Gasteiger partial charge is 0.244 e. The highest BCUT2D eigenvalue weighted by Crippen LogP contribution is 2.26. The number of nitrogen functional groups attached to an aromatic ring is 1. The van der Waals surface area contributed by atoms with E-state index in [0.717, 1.165) is 5.69 Å². The van der Waals surface area contributed by atoms with E-state index in [0.29, 0.717) is 10.9 Å². The van der Waals surface area contributed by atoms with E-state index in [2.05, 4.69) is 15.1 Å². The number of hydrogen-bond donors (Lipinski definition) is 1. The standard InChI is InChI=1S/C9H10ClN5O/c1-5-3-7(15(2)14-5)16-8-6(10)4-12-9(11)13-8/h3-4H,1-2H3,(H2,11,12,13). The van der Waals surface area contributed by atoms with Crippen LogP contribution in [0.15, 0.2) is 12.3 Å². The summed E-state index contributed by atoms with van der Waals surface area (Å²) in [5, 5.41) is 4.43. The summed E-state index contributed by atoms with van der Waals surface area (Å²) in [7, 11) is 1.76. The zero-order valence-electron chi connectivity index (χ0n) is 8.81. The fourth-order valence-electron chi connectivity index (χ4n) is 1.22. The largest absolute Gasteiger partial charge is 0.419 e. The molecule has 0 aromatic carbocycles. The second-order valence-corrected chi connectivity index (χ2v) is 3.64. The first-order valence-corrected chi connectivity index (χ1v) is 4.90. The number of aromatic nitrogens is 4. The molecule has 0 spiro atoms. The first kappa shape index (κ1) is 10.7. The molecule has 0 aliphatic rings. The Morgan fingerprint density at radius 2 is 2.25 bits per heavy atom. The average molecular weight is 240 g/mol. The number of nitrogens with two attached hydrogens (primary N) is 1. The van der Waals surface area contributed by atoms with Crippen molar-refractivity contribution >= 4 is 17.5 Å². The fraction of sp³-hybridized carbons (Fsp3) is 0.222. The molecule has 16 heavy (non-hydrogen) atoms. The molecule has 6 nitrogen and oxygen atoms in total. The van der Waals surface area contributed by atoms with Crippen LogP contribution in [0.5, 0.6) is 11.8 Å². The quantitative estimate of drug-likeness (QED) is 0.860. The van der Waals surface area contributed by atoms with Crippen LogP contribution in [0.2, 0.25) is 5.02 Å². The number of rotatable bonds is 2. The minimum absolute atomic E-state index is 0.110. The van der Waals surface area contributed by atoms with Crippen molar-refractivity contribution in [2.75, 3.05) is 5.73 Å². The molecule has 0 amide bonds. The summed E-state index contributed by atoms with van der Waals surface area (Å²) >= 11 is 5.87. The van der Waals surface area contributed by atoms with Crippen LogP contribution < -0.4 is 10.5 Å². The maximum Gasteiger partial charge on any atom is 0.244 e. The summed E-state index contributed by atoms with van der Waals surface area (Å²) in [4.78, 5) is 7.63. The third kappa shape index (κ3) is 2.06. The lowest BCUT2D eigenvalue weighted by Gasteiger charge is -2.05. The topological polar surface area (TPSA) is 78.9 Å². The van der Waals surface area contributed by atoms with Crippen molar-refractivity contribution in [2.45, 2.75) is 6.92 Å². The van der Waals surface area contributed by atoms with E-state index in [1.807, 2.05) is 6.92 Å². The summed E-state index contributed by atoms with van der Waals surface area (Å²) in [5.41, 5.74) is 6.28. The van der Waals surface area contributed by atoms with E-state index in [-0.39, 0.29) is 11.8 Å². The first-order valence-electron chi connectivity index (χ1n) is 4.53. The number of ether oxygens (including phenoxy) is 1. The SMILES string of the molecule is Cc1cc(Oc2nc(N)ncc2Cl)n(C)n1. The predicted molar refractivity (Wildman–Crippen MR) is 59.5 cm³/mol. The maximum absolute atomic E-state index is 5.87. The zero-order chi connectivity index (χ0) is 11.7. The molecule has 0 unspecified atom stereocenters. The minimum Gasteiger partial charge on any atom is -0.419 e. The van der Waals surface area contributed by atoms with Crippen LogP contribution in [0.4, 0.5) is 5.95 Å². The van der Waals surface area contributed by atoms with Crippen molar-refractivity contribution in [3.63, 3.8) is 0 Å². The van der Waals surface area contributed by atoms with Gasteiger partial charge in [-0.1, -0.05) is 11.6 Å². The van der Waals surface area contributed by atoms with E-state index in [1.165, 1.54) is 6.20 Å². The lowest BCUT2D eigenvalue weighted by Crippen LogP contribution is -2.00. The van der Waals surface area contributed by atoms with Gasteiger partial charge in [-0.3, -0.25) is 0 Å². The number of halogens is 1. The lowest BCUT2D eigenvalue weighted by atomic mass is 10.5. The fourth-order valence-corrected chi connectivity index (χ4v) is 1.35. The Morgan fingerprint density at radius 3 is 2.88 bits per heavy atom. The van der Waals surface area contributed by atoms with Crippen LogP contribution >= 0.6 is 11.6 Å². The molecular weight excluding hydrogens is 230 g/mol. The molecule has 0 saturated carbocycles. The van der Waals surface area contributed by atoms with Gasteiger partial charge < -0.3 is 10.5 Å². The van der Waals surface area contributed by atoms with Gasteiger partial charge in [-0.2, -0.15) is 10.1 Å². The van der Waals surface area contributed by atoms with E-state index in [4.69, 9.17) is 22.1 Å². The number of hydrogen-bond acceptors (Lipinski definition) is 5. The Bertz CT molecular complexity index is 525. The summed E-state index contributed by atoms with van der Waals surface area (Å²) in [5.74, 6) is 0.868. The summed E-state index contributed by atoms with van der Waals surface area (Å²) in [6.45, 7) is 1.86. The predicted octanol–water partition coefficient (Wildman–Crippen LogP) is 1.55. The Morgan fingerprint density at radius 1 is 1.50 bits per heavy atom. The van der Waals surface area contributed by atoms with Crippen molar-refractivity contribution in [1.82, 2.24) is 19.7 Å². The molecule has 2 heterocycles. The van der Waals surface area contributed by atoms with Crippen LogP contribution in [0.3, 0.4) is 0 Å². The van der Waals surface area contributed by atoms with Crippen molar-refractivity contribution < 1.29 is 4.74 Å². The Labute approximate surface area is 97.0 Å². The monoisotopic (exact) mass is 239 g/mol. The number of aryl methyl sites for hydroxylation is 2. The van der Waals surface area contributed by atoms with Crippen LogP contribution in [-0.4, -0.2) is 19.7 Å². The van der Waals surface area contributed by atoms with Gasteiger partial charge in [0.1, 0.15) is 5.02 Å². The van der Waals surface area contributed by atoms with Crippen molar-refractivity contribution in [2.24, 2.45) is 7.05 Å². The number of nitrogens with zero attached hydrogens (tertiary/aromatic N) is 4. The van der Waals surface area contributed by atoms with E-state index < -0.39 is 0 Å². The molecule has 2 rings (SSSR count). The molecule has 0 bridgehead atoms. The molecule has 2 aromatic heterocycles. The summed E-state index contributed by atoms with van der Waals surface area (Å²) in [6, 6.07) is 1.77. The molecule has 84 valence electrons. The van der Waals surface area contributed by atoms with Crippen molar-refractivity contribution in [3.8, 4) is 11.8 Å². The summed E-state index contributed by atoms with van der Waals surface area (Å²) < 4.78 is 7.07. The minimum atomic E-state index is 0.110. The van der Waals surface area contributed by atoms with Crippen LogP contribution in [-0.2, 0) is 7.05 Å². The first-order chi connectivity index (χ1) is 7.56. The Hall–Kier alpha value is -1.82. The zero-order valence-corrected chi connectivity index (χ0v) is 9.56. The van der Waals surface area contributed by atoms with E-state index in [9.17, 15) is 0 Å². The van der Waals surface area contributed by atoms with Gasteiger partial charge in [0, 0.05) is 13.1 Å². The molecule has 0 fully saturated rings. The van der Waals surface area contributed by atoms with E-state index in [1.54, 1.807) is 17.8 Å². The van der Waals surface area contributed by atoms with Crippen LogP contribution in [0, 0.1) is 6.92 Å². The average Bonchev–Trinajstić information content (AvgIpc) is 2.51. The van der Waals surface area contributed by atoms with Gasteiger partial charge in [-0.15, -0.1) is 0 Å². The van der Waals surface area contributed by atoms with Gasteiger partial charge in [-0.25, -0.2) is 9.67 Å². The molecule has 0 atom stereocenters. The van der Waals surface area contributed by atoms with Gasteiger partial charge in [0.25, 0.3) is 0 Å². The second kappa shape index (κ2) is 3.97. The molecule has 0 aliphatic heterocycles. The van der Waals surface area contributed by atoms with E-state index >= 15 is 0 Å². The molecule has 0 radical (unpaired) electrons. The molecular formula is C9H10ClN5O. The highest BCUT2D eigenvalue weighted by Gasteiger charge is 2.10. The van der Waals surface area contributed by atoms with Gasteiger partial charge in [-0.05, 0) is 6.92 Å². The van der Waals surface area contributed by atoms with Gasteiger partial charge in [0.2, 0.25) is 17.7 Å². The van der Waals surface area contributed by atoms with Gasteiger partial charge in [0.05, 0.1) is 11.9 Å². The highest BCUT2D eigenvalue weighted by molar-refractivity contribution is 6.31. The summed E-state index contributed by atoms with van der Waals surface area (Å²) in [6.07, 6.45) is 1.39. The molecule has 7 heteroatoms. The molecule has 2 N–H and O–H groups in total. The maximum atomic E-state index is 5.87. The normalized spacial score (nSPS) is 10.4. The third-order valence-corrected chi connectivity index (χ3v) is 2.15. The van der Waals surface area contributed by atoms with Gasteiger partial charge in [0.15, 0.2) is 0 Å². The van der Waals surface area contributed by atoms with Crippen LogP contribution in [0.1, 0.15) is 5.69 Å². The molecule has 2 aromatic rings. The second-order valence-electron chi connectivity index (χ2n) is 3.23. The van der Waals surface area contributed by atoms with Crippen LogP contribution in [0.25, 0.3) is 0 Å². The number of anilines is 1. The van der Waals surface area contributed by atoms with Gasteiger partial charge >= 0.3 is 0 Å². The Kier molecular flexibility index (Phi) is 2.66. The lowest BCUT2D eigenvalue weighted by molar-refractivity contribution is 0.415. The molecule has 0 aliphatic carbocycles. The molecule has 0 saturated heterocycles. The van der Waals surface area contributed by atoms with Crippen molar-refractivity contribution in [1.29, 1.82) is 0 Å². The van der Waals surface area contributed by atoms with Crippen molar-refractivity contribution in [3.05, 3.63) is 23.0 Å². The third-order valence-electron chi connectivity index (χ3n) is 1.89.